The molecule has 0 saturated carbocycles. The molecule has 2 aromatic heterocycles. The number of carbonyl (C=O) groups is 4. The number of likely N-dealkylation sites (tertiary alicyclic amines) is 2. The minimum absolute atomic E-state index is 0.232. The summed E-state index contributed by atoms with van der Waals surface area (Å²) in [6, 6.07) is 5.41. The van der Waals surface area contributed by atoms with Crippen LogP contribution in [0.5, 0.6) is 0 Å². The SMILES string of the molecule is CN[C@@H](C)C(=O)N[C@H](C(=O)N1CC[C@@H](OC)[C@H]1Cc1c(-c2[nH]c3cc(F)ccc3c2C[C@H]2[C@H](OC)CCN2C(=O)[C@@H](NC(=O)[C@H](C)NC)C(C)(C)C)[nH]c2cc(F)ccc12)C(C)(C)C. The first-order valence-corrected chi connectivity index (χ1v) is 22.4. The molecule has 8 atom stereocenters. The number of aromatic nitrogens is 2. The summed E-state index contributed by atoms with van der Waals surface area (Å²) in [5, 5.41) is 13.4. The van der Waals surface area contributed by atoms with Gasteiger partial charge in [0.1, 0.15) is 23.7 Å². The van der Waals surface area contributed by atoms with Crippen LogP contribution in [0.2, 0.25) is 0 Å². The predicted molar refractivity (Wildman–Crippen MR) is 245 cm³/mol. The van der Waals surface area contributed by atoms with Gasteiger partial charge in [0, 0.05) is 49.1 Å². The van der Waals surface area contributed by atoms with E-state index in [0.717, 1.165) is 21.9 Å². The summed E-state index contributed by atoms with van der Waals surface area (Å²) in [5.74, 6) is -1.93. The van der Waals surface area contributed by atoms with Gasteiger partial charge in [-0.05, 0) is 112 Å². The molecule has 6 N–H and O–H groups in total. The first-order chi connectivity index (χ1) is 30.1. The van der Waals surface area contributed by atoms with Crippen LogP contribution in [0.1, 0.15) is 79.4 Å². The Hall–Kier alpha value is -4.90. The lowest BCUT2D eigenvalue weighted by molar-refractivity contribution is -0.141. The Labute approximate surface area is 375 Å². The Kier molecular flexibility index (Phi) is 14.6. The summed E-state index contributed by atoms with van der Waals surface area (Å²) < 4.78 is 42.2. The van der Waals surface area contributed by atoms with E-state index in [4.69, 9.17) is 9.47 Å². The molecule has 4 amide bonds. The van der Waals surface area contributed by atoms with Crippen LogP contribution in [-0.4, -0.2) is 133 Å². The number of carbonyl (C=O) groups excluding carboxylic acids is 4. The Balaban J connectivity index is 1.46. The molecule has 16 heteroatoms. The van der Waals surface area contributed by atoms with Gasteiger partial charge in [0.15, 0.2) is 0 Å². The van der Waals surface area contributed by atoms with E-state index in [1.54, 1.807) is 64.1 Å². The van der Waals surface area contributed by atoms with Crippen molar-refractivity contribution < 1.29 is 37.4 Å². The second kappa shape index (κ2) is 19.3. The van der Waals surface area contributed by atoms with E-state index in [2.05, 4.69) is 31.2 Å². The van der Waals surface area contributed by atoms with Gasteiger partial charge >= 0.3 is 0 Å². The van der Waals surface area contributed by atoms with Crippen molar-refractivity contribution in [3.05, 3.63) is 59.2 Å². The third kappa shape index (κ3) is 9.85. The second-order valence-electron chi connectivity index (χ2n) is 19.7. The third-order valence-electron chi connectivity index (χ3n) is 13.4. The zero-order valence-electron chi connectivity index (χ0n) is 39.4. The molecule has 64 heavy (non-hydrogen) atoms. The van der Waals surface area contributed by atoms with Gasteiger partial charge in [-0.1, -0.05) is 41.5 Å². The molecule has 0 bridgehead atoms. The molecular formula is C48H68F2N8O6. The van der Waals surface area contributed by atoms with Crippen LogP contribution in [0.3, 0.4) is 0 Å². The van der Waals surface area contributed by atoms with Crippen LogP contribution in [0.4, 0.5) is 8.78 Å². The highest BCUT2D eigenvalue weighted by Gasteiger charge is 2.46. The molecule has 4 aromatic rings. The molecule has 6 rings (SSSR count). The van der Waals surface area contributed by atoms with Crippen LogP contribution in [0.25, 0.3) is 33.2 Å². The number of halogens is 2. The van der Waals surface area contributed by atoms with E-state index >= 15 is 8.78 Å². The number of nitrogens with zero attached hydrogens (tertiary/aromatic N) is 2. The molecule has 0 spiro atoms. The molecule has 2 aliphatic rings. The topological polar surface area (TPSA) is 173 Å². The number of methoxy groups -OCH3 is 2. The van der Waals surface area contributed by atoms with Gasteiger partial charge in [-0.15, -0.1) is 0 Å². The van der Waals surface area contributed by atoms with Gasteiger partial charge < -0.3 is 50.5 Å². The lowest BCUT2D eigenvalue weighted by atomic mass is 9.85. The maximum atomic E-state index is 15.0. The molecule has 0 aliphatic carbocycles. The standard InChI is InChI=1S/C48H68F2N8O6/c1-25(51-9)43(59)55-41(47(3,4)5)45(61)57-19-17-37(63-11)35(57)23-31-29-15-13-27(49)21-33(29)53-39(31)40-32(30-16-14-28(50)22-34(30)54-40)24-36-38(64-12)18-20-58(36)46(62)42(48(6,7)8)56-44(60)26(2)52-10/h13-16,21-22,25-26,35-38,41-42,51-54H,17-20,23-24H2,1-12H3,(H,55,59)(H,56,60)/t25-,26-,35-,36+,37+,38+,41+,42+/m0/s1. The van der Waals surface area contributed by atoms with Gasteiger partial charge in [-0.3, -0.25) is 19.2 Å². The molecule has 0 radical (unpaired) electrons. The maximum absolute atomic E-state index is 15.0. The summed E-state index contributed by atoms with van der Waals surface area (Å²) in [5.41, 5.74) is 2.60. The number of H-pyrrole nitrogens is 2. The fourth-order valence-electron chi connectivity index (χ4n) is 9.38. The predicted octanol–water partition coefficient (Wildman–Crippen LogP) is 5.19. The number of amides is 4. The van der Waals surface area contributed by atoms with E-state index < -0.39 is 58.7 Å². The molecule has 2 aliphatic heterocycles. The third-order valence-corrected chi connectivity index (χ3v) is 13.4. The van der Waals surface area contributed by atoms with Gasteiger partial charge in [0.05, 0.1) is 47.8 Å². The Morgan fingerprint density at radius 2 is 1.03 bits per heavy atom. The Bertz CT molecular complexity index is 2190. The molecule has 350 valence electrons. The van der Waals surface area contributed by atoms with Gasteiger partial charge in [-0.25, -0.2) is 8.78 Å². The number of aromatic amines is 2. The summed E-state index contributed by atoms with van der Waals surface area (Å²) >= 11 is 0. The first kappa shape index (κ1) is 48.6. The highest BCUT2D eigenvalue weighted by atomic mass is 19.1. The van der Waals surface area contributed by atoms with Crippen molar-refractivity contribution in [2.24, 2.45) is 10.8 Å². The fraction of sp³-hybridized carbons (Fsp3) is 0.583. The van der Waals surface area contributed by atoms with Crippen LogP contribution < -0.4 is 21.3 Å². The minimum atomic E-state index is -0.843. The molecular weight excluding hydrogens is 823 g/mol. The molecule has 14 nitrogen and oxygen atoms in total. The van der Waals surface area contributed by atoms with Crippen molar-refractivity contribution in [3.63, 3.8) is 0 Å². The van der Waals surface area contributed by atoms with Crippen molar-refractivity contribution >= 4 is 45.4 Å². The largest absolute Gasteiger partial charge is 0.379 e. The average molecular weight is 891 g/mol. The van der Waals surface area contributed by atoms with E-state index in [9.17, 15) is 19.2 Å². The minimum Gasteiger partial charge on any atom is -0.379 e. The van der Waals surface area contributed by atoms with Crippen molar-refractivity contribution in [1.29, 1.82) is 0 Å². The van der Waals surface area contributed by atoms with Crippen LogP contribution >= 0.6 is 0 Å². The number of hydrogen-bond acceptors (Lipinski definition) is 8. The van der Waals surface area contributed by atoms with Crippen molar-refractivity contribution in [2.75, 3.05) is 41.4 Å². The number of hydrogen-bond donors (Lipinski definition) is 6. The average Bonchev–Trinajstić information content (AvgIpc) is 4.02. The summed E-state index contributed by atoms with van der Waals surface area (Å²) in [6.07, 6.45) is 0.971. The van der Waals surface area contributed by atoms with E-state index in [0.29, 0.717) is 61.2 Å². The summed E-state index contributed by atoms with van der Waals surface area (Å²) in [7, 11) is 6.62. The number of fused-ring (bicyclic) bond motifs is 2. The molecule has 2 saturated heterocycles. The molecule has 4 heterocycles. The molecule has 2 fully saturated rings. The first-order valence-electron chi connectivity index (χ1n) is 22.4. The smallest absolute Gasteiger partial charge is 0.246 e. The molecule has 0 unspecified atom stereocenters. The number of likely N-dealkylation sites (N-methyl/N-ethyl adjacent to an activating group) is 2. The lowest BCUT2D eigenvalue weighted by Crippen LogP contribution is -2.59. The zero-order chi connectivity index (χ0) is 47.0. The van der Waals surface area contributed by atoms with Crippen LogP contribution in [0, 0.1) is 22.5 Å². The van der Waals surface area contributed by atoms with Gasteiger partial charge in [0.25, 0.3) is 0 Å². The number of nitrogens with one attached hydrogen (secondary N) is 6. The highest BCUT2D eigenvalue weighted by molar-refractivity contribution is 5.97. The number of benzene rings is 2. The van der Waals surface area contributed by atoms with E-state index in [1.807, 2.05) is 41.5 Å². The summed E-state index contributed by atoms with van der Waals surface area (Å²) in [6.45, 7) is 15.8. The fourth-order valence-corrected chi connectivity index (χ4v) is 9.38. The van der Waals surface area contributed by atoms with E-state index in [1.165, 1.54) is 24.3 Å². The Morgan fingerprint density at radius 1 is 0.672 bits per heavy atom. The van der Waals surface area contributed by atoms with Crippen molar-refractivity contribution in [3.8, 4) is 11.4 Å². The maximum Gasteiger partial charge on any atom is 0.246 e. The lowest BCUT2D eigenvalue weighted by Gasteiger charge is -2.37. The summed E-state index contributed by atoms with van der Waals surface area (Å²) in [4.78, 5) is 66.5. The van der Waals surface area contributed by atoms with Crippen LogP contribution in [0.15, 0.2) is 36.4 Å². The highest BCUT2D eigenvalue weighted by Crippen LogP contribution is 2.41. The Morgan fingerprint density at radius 3 is 1.34 bits per heavy atom. The van der Waals surface area contributed by atoms with E-state index in [-0.39, 0.29) is 35.8 Å². The molecule has 2 aromatic carbocycles. The quantitative estimate of drug-likeness (QED) is 0.0948. The number of rotatable bonds is 15. The zero-order valence-corrected chi connectivity index (χ0v) is 39.4. The van der Waals surface area contributed by atoms with Gasteiger partial charge in [-0.2, -0.15) is 0 Å². The van der Waals surface area contributed by atoms with Gasteiger partial charge in [0.2, 0.25) is 23.6 Å². The second-order valence-corrected chi connectivity index (χ2v) is 19.7. The van der Waals surface area contributed by atoms with Crippen molar-refractivity contribution in [1.82, 2.24) is 41.0 Å². The monoisotopic (exact) mass is 891 g/mol. The van der Waals surface area contributed by atoms with Crippen molar-refractivity contribution in [2.45, 2.75) is 130 Å². The number of ether oxygens (including phenoxy) is 2. The van der Waals surface area contributed by atoms with Crippen LogP contribution in [-0.2, 0) is 41.5 Å². The normalized spacial score (nSPS) is 21.3.